The Morgan fingerprint density at radius 1 is 1.29 bits per heavy atom. The van der Waals surface area contributed by atoms with Crippen molar-refractivity contribution in [2.24, 2.45) is 0 Å². The number of benzene rings is 1. The molecule has 108 valence electrons. The molecule has 7 heteroatoms. The second-order valence-electron chi connectivity index (χ2n) is 4.52. The van der Waals surface area contributed by atoms with Gasteiger partial charge in [0.05, 0.1) is 10.8 Å². The minimum Gasteiger partial charge on any atom is -0.309 e. The van der Waals surface area contributed by atoms with Crippen LogP contribution in [-0.2, 0) is 0 Å². The largest absolute Gasteiger partial charge is 0.309 e. The second-order valence-corrected chi connectivity index (χ2v) is 6.88. The van der Waals surface area contributed by atoms with Gasteiger partial charge in [0.2, 0.25) is 0 Å². The number of hydrogen-bond acceptors (Lipinski definition) is 3. The summed E-state index contributed by atoms with van der Waals surface area (Å²) in [6, 6.07) is 5.15. The van der Waals surface area contributed by atoms with Crippen molar-refractivity contribution in [3.05, 3.63) is 49.8 Å². The van der Waals surface area contributed by atoms with Gasteiger partial charge in [0.25, 0.3) is 5.56 Å². The molecule has 1 atom stereocenters. The zero-order valence-electron chi connectivity index (χ0n) is 10.8. The minimum absolute atomic E-state index is 0.227. The van der Waals surface area contributed by atoms with Crippen LogP contribution in [0.4, 0.5) is 0 Å². The van der Waals surface area contributed by atoms with Gasteiger partial charge in [-0.15, -0.1) is 22.9 Å². The average molecular weight is 360 g/mol. The molecule has 2 aromatic heterocycles. The first-order valence-corrected chi connectivity index (χ1v) is 8.15. The van der Waals surface area contributed by atoms with Gasteiger partial charge in [-0.2, -0.15) is 0 Å². The van der Waals surface area contributed by atoms with Crippen LogP contribution in [0.15, 0.2) is 28.4 Å². The number of rotatable bonds is 2. The van der Waals surface area contributed by atoms with E-state index in [4.69, 9.17) is 34.8 Å². The van der Waals surface area contributed by atoms with Crippen LogP contribution < -0.4 is 5.56 Å². The van der Waals surface area contributed by atoms with Crippen LogP contribution in [0, 0.1) is 0 Å². The molecule has 0 aliphatic carbocycles. The minimum atomic E-state index is -0.359. The molecule has 1 aromatic carbocycles. The van der Waals surface area contributed by atoms with Crippen molar-refractivity contribution < 1.29 is 0 Å². The zero-order chi connectivity index (χ0) is 15.1. The van der Waals surface area contributed by atoms with E-state index in [0.29, 0.717) is 26.1 Å². The topological polar surface area (TPSA) is 45.8 Å². The molecule has 21 heavy (non-hydrogen) atoms. The smallest absolute Gasteiger partial charge is 0.260 e. The summed E-state index contributed by atoms with van der Waals surface area (Å²) in [5, 5.41) is 3.10. The molecule has 0 radical (unpaired) electrons. The monoisotopic (exact) mass is 358 g/mol. The van der Waals surface area contributed by atoms with E-state index in [0.717, 1.165) is 11.1 Å². The molecular formula is C14H9Cl3N2OS. The van der Waals surface area contributed by atoms with E-state index >= 15 is 0 Å². The first kappa shape index (κ1) is 14.9. The lowest BCUT2D eigenvalue weighted by Gasteiger charge is -2.05. The molecule has 0 spiro atoms. The third-order valence-corrected chi connectivity index (χ3v) is 4.70. The van der Waals surface area contributed by atoms with Crippen LogP contribution in [0.1, 0.15) is 18.1 Å². The van der Waals surface area contributed by atoms with E-state index < -0.39 is 0 Å². The van der Waals surface area contributed by atoms with Crippen molar-refractivity contribution in [1.82, 2.24) is 9.97 Å². The summed E-state index contributed by atoms with van der Waals surface area (Å²) in [5.74, 6) is 0.458. The highest BCUT2D eigenvalue weighted by molar-refractivity contribution is 7.17. The lowest BCUT2D eigenvalue weighted by atomic mass is 10.1. The maximum atomic E-state index is 12.3. The fourth-order valence-corrected chi connectivity index (χ4v) is 3.50. The number of H-pyrrole nitrogens is 1. The van der Waals surface area contributed by atoms with Gasteiger partial charge >= 0.3 is 0 Å². The number of aromatic nitrogens is 2. The normalized spacial score (nSPS) is 12.8. The van der Waals surface area contributed by atoms with Crippen molar-refractivity contribution in [2.45, 2.75) is 12.3 Å². The van der Waals surface area contributed by atoms with Crippen molar-refractivity contribution in [2.75, 3.05) is 0 Å². The van der Waals surface area contributed by atoms with Gasteiger partial charge in [-0.3, -0.25) is 4.79 Å². The van der Waals surface area contributed by atoms with Gasteiger partial charge in [0.15, 0.2) is 0 Å². The number of hydrogen-bond donors (Lipinski definition) is 1. The molecule has 3 nitrogen and oxygen atoms in total. The summed E-state index contributed by atoms with van der Waals surface area (Å²) in [7, 11) is 0. The number of alkyl halides is 1. The van der Waals surface area contributed by atoms with Gasteiger partial charge in [0, 0.05) is 26.6 Å². The third-order valence-electron chi connectivity index (χ3n) is 3.06. The third kappa shape index (κ3) is 2.69. The molecule has 3 rings (SSSR count). The lowest BCUT2D eigenvalue weighted by Crippen LogP contribution is -2.11. The van der Waals surface area contributed by atoms with Gasteiger partial charge in [0.1, 0.15) is 10.7 Å². The van der Waals surface area contributed by atoms with Crippen molar-refractivity contribution in [3.63, 3.8) is 0 Å². The molecule has 3 aromatic rings. The molecule has 1 unspecified atom stereocenters. The first-order chi connectivity index (χ1) is 9.97. The number of nitrogens with one attached hydrogen (secondary N) is 1. The number of nitrogens with zero attached hydrogens (tertiary/aromatic N) is 1. The average Bonchev–Trinajstić information content (AvgIpc) is 2.85. The summed E-state index contributed by atoms with van der Waals surface area (Å²) in [5.41, 5.74) is 1.22. The zero-order valence-corrected chi connectivity index (χ0v) is 13.9. The van der Waals surface area contributed by atoms with Crippen LogP contribution >= 0.6 is 46.1 Å². The first-order valence-electron chi connectivity index (χ1n) is 6.08. The summed E-state index contributed by atoms with van der Waals surface area (Å²) < 4.78 is 0. The standard InChI is InChI=1S/C14H9Cl3N2OS/c1-6(15)12-18-13(20)11-9(5-21-14(11)19-12)8-4-7(16)2-3-10(8)17/h2-6H,1H3,(H,18,19,20). The maximum Gasteiger partial charge on any atom is 0.260 e. The van der Waals surface area contributed by atoms with Crippen LogP contribution in [0.2, 0.25) is 10.0 Å². The molecule has 2 heterocycles. The molecule has 0 fully saturated rings. The summed E-state index contributed by atoms with van der Waals surface area (Å²) in [6.45, 7) is 1.76. The molecule has 0 saturated carbocycles. The SMILES string of the molecule is CC(Cl)c1nc2scc(-c3cc(Cl)ccc3Cl)c2c(=O)[nH]1. The molecule has 0 aliphatic heterocycles. The van der Waals surface area contributed by atoms with E-state index in [2.05, 4.69) is 9.97 Å². The highest BCUT2D eigenvalue weighted by Gasteiger charge is 2.16. The van der Waals surface area contributed by atoms with E-state index in [-0.39, 0.29) is 10.9 Å². The van der Waals surface area contributed by atoms with Gasteiger partial charge in [-0.1, -0.05) is 23.2 Å². The maximum absolute atomic E-state index is 12.3. The Morgan fingerprint density at radius 3 is 2.76 bits per heavy atom. The number of aromatic amines is 1. The van der Waals surface area contributed by atoms with Crippen LogP contribution in [-0.4, -0.2) is 9.97 Å². The fourth-order valence-electron chi connectivity index (χ4n) is 2.06. The van der Waals surface area contributed by atoms with Crippen molar-refractivity contribution in [1.29, 1.82) is 0 Å². The fraction of sp³-hybridized carbons (Fsp3) is 0.143. The Kier molecular flexibility index (Phi) is 3.97. The Labute approximate surface area is 139 Å². The van der Waals surface area contributed by atoms with Crippen LogP contribution in [0.25, 0.3) is 21.3 Å². The molecule has 0 aliphatic rings. The Bertz CT molecular complexity index is 886. The highest BCUT2D eigenvalue weighted by atomic mass is 35.5. The number of halogens is 3. The highest BCUT2D eigenvalue weighted by Crippen LogP contribution is 2.36. The van der Waals surface area contributed by atoms with Crippen LogP contribution in [0.3, 0.4) is 0 Å². The number of fused-ring (bicyclic) bond motifs is 1. The van der Waals surface area contributed by atoms with Gasteiger partial charge in [-0.05, 0) is 25.1 Å². The Hall–Kier alpha value is -1.07. The van der Waals surface area contributed by atoms with E-state index in [1.165, 1.54) is 11.3 Å². The second kappa shape index (κ2) is 5.61. The summed E-state index contributed by atoms with van der Waals surface area (Å²) in [4.78, 5) is 20.1. The quantitative estimate of drug-likeness (QED) is 0.634. The molecule has 0 bridgehead atoms. The summed E-state index contributed by atoms with van der Waals surface area (Å²) >= 11 is 19.6. The van der Waals surface area contributed by atoms with E-state index in [9.17, 15) is 4.79 Å². The Balaban J connectivity index is 2.30. The van der Waals surface area contributed by atoms with Crippen molar-refractivity contribution in [3.8, 4) is 11.1 Å². The van der Waals surface area contributed by atoms with E-state index in [1.807, 2.05) is 5.38 Å². The lowest BCUT2D eigenvalue weighted by molar-refractivity contribution is 0.917. The Morgan fingerprint density at radius 2 is 2.05 bits per heavy atom. The molecule has 0 amide bonds. The molecule has 1 N–H and O–H groups in total. The van der Waals surface area contributed by atoms with E-state index in [1.54, 1.807) is 25.1 Å². The molecule has 0 saturated heterocycles. The van der Waals surface area contributed by atoms with Gasteiger partial charge < -0.3 is 4.98 Å². The summed E-state index contributed by atoms with van der Waals surface area (Å²) in [6.07, 6.45) is 0. The molecular weight excluding hydrogens is 351 g/mol. The van der Waals surface area contributed by atoms with Gasteiger partial charge in [-0.25, -0.2) is 4.98 Å². The van der Waals surface area contributed by atoms with Crippen LogP contribution in [0.5, 0.6) is 0 Å². The number of thiophene rings is 1. The van der Waals surface area contributed by atoms with Crippen molar-refractivity contribution >= 4 is 56.4 Å². The predicted octanol–water partition coefficient (Wildman–Crippen LogP) is 5.26. The predicted molar refractivity (Wildman–Crippen MR) is 90.0 cm³/mol.